The van der Waals surface area contributed by atoms with Crippen molar-refractivity contribution in [2.75, 3.05) is 6.61 Å². The molecule has 0 saturated heterocycles. The number of hydrogen-bond acceptors (Lipinski definition) is 9. The summed E-state index contributed by atoms with van der Waals surface area (Å²) < 4.78 is 13.0. The third-order valence-corrected chi connectivity index (χ3v) is 10.1. The molecule has 2 aliphatic rings. The lowest BCUT2D eigenvalue weighted by atomic mass is 9.92. The fraction of sp³-hybridized carbons (Fsp3) is 0.550. The van der Waals surface area contributed by atoms with Crippen molar-refractivity contribution >= 4 is 5.78 Å². The number of Topliss-reactive ketones (excluding diaryl/α,β-unsaturated/α-hetero) is 1. The molecule has 2 saturated carbocycles. The lowest BCUT2D eigenvalue weighted by Gasteiger charge is -2.25. The normalized spacial score (nSPS) is 18.3. The molecule has 0 bridgehead atoms. The first-order chi connectivity index (χ1) is 23.6. The van der Waals surface area contributed by atoms with Crippen LogP contribution in [0, 0.1) is 6.92 Å². The number of ketones is 1. The van der Waals surface area contributed by atoms with Crippen molar-refractivity contribution in [3.05, 3.63) is 83.2 Å². The molecule has 0 spiro atoms. The van der Waals surface area contributed by atoms with E-state index in [1.165, 1.54) is 16.7 Å². The maximum atomic E-state index is 12.3. The number of aromatic nitrogens is 1. The van der Waals surface area contributed by atoms with Crippen LogP contribution in [0.15, 0.2) is 60.9 Å². The molecular weight excluding hydrogens is 622 g/mol. The van der Waals surface area contributed by atoms with Crippen molar-refractivity contribution < 1.29 is 39.8 Å². The van der Waals surface area contributed by atoms with Gasteiger partial charge in [-0.1, -0.05) is 56.2 Å². The summed E-state index contributed by atoms with van der Waals surface area (Å²) in [6, 6.07) is 17.0. The predicted molar refractivity (Wildman–Crippen MR) is 187 cm³/mol. The minimum atomic E-state index is -1.68. The summed E-state index contributed by atoms with van der Waals surface area (Å²) >= 11 is 0. The highest BCUT2D eigenvalue weighted by Gasteiger charge is 2.47. The van der Waals surface area contributed by atoms with Gasteiger partial charge >= 0.3 is 0 Å². The highest BCUT2D eigenvalue weighted by Crippen LogP contribution is 2.53. The molecule has 1 aromatic heterocycles. The maximum Gasteiger partial charge on any atom is 0.133 e. The summed E-state index contributed by atoms with van der Waals surface area (Å²) in [6.45, 7) is 4.16. The summed E-state index contributed by atoms with van der Waals surface area (Å²) in [4.78, 5) is 16.8. The minimum Gasteiger partial charge on any atom is -0.490 e. The van der Waals surface area contributed by atoms with Crippen molar-refractivity contribution in [1.82, 2.24) is 4.98 Å². The number of carbonyl (C=O) groups excluding carboxylic acids is 1. The molecule has 1 unspecified atom stereocenters. The average Bonchev–Trinajstić information content (AvgIpc) is 4.07. The van der Waals surface area contributed by atoms with Gasteiger partial charge in [-0.3, -0.25) is 9.78 Å². The van der Waals surface area contributed by atoms with Crippen molar-refractivity contribution in [2.45, 2.75) is 133 Å². The summed E-state index contributed by atoms with van der Waals surface area (Å²) in [6.07, 6.45) is 6.13. The van der Waals surface area contributed by atoms with Gasteiger partial charge in [0, 0.05) is 36.4 Å². The molecule has 3 aromatic rings. The van der Waals surface area contributed by atoms with Crippen molar-refractivity contribution in [3.8, 4) is 16.9 Å². The van der Waals surface area contributed by atoms with Gasteiger partial charge in [0.05, 0.1) is 31.0 Å². The number of para-hydroxylation sites is 1. The smallest absolute Gasteiger partial charge is 0.133 e. The number of benzene rings is 2. The first-order valence-corrected chi connectivity index (χ1v) is 17.9. The second-order valence-electron chi connectivity index (χ2n) is 14.1. The number of rotatable bonds is 21. The zero-order chi connectivity index (χ0) is 35.0. The quantitative estimate of drug-likeness (QED) is 0.0904. The summed E-state index contributed by atoms with van der Waals surface area (Å²) in [5, 5.41) is 48.1. The van der Waals surface area contributed by atoms with Gasteiger partial charge in [-0.2, -0.15) is 0 Å². The van der Waals surface area contributed by atoms with Gasteiger partial charge < -0.3 is 35.0 Å². The summed E-state index contributed by atoms with van der Waals surface area (Å²) in [7, 11) is 0. The number of hydrogen-bond donors (Lipinski definition) is 5. The average molecular weight is 676 g/mol. The Morgan fingerprint density at radius 2 is 1.67 bits per heavy atom. The number of aliphatic hydroxyl groups is 5. The SMILES string of the molecule is Cc1ccc(C(C)CCCCCC(=O)CC[C@H](O)[C@@H](O)[C@H](O)[C@H](O)CO)cc1COC1(c2cnccc2-c2ccccc2OC2CC2)CC1. The number of carbonyl (C=O) groups is 1. The molecule has 5 rings (SSSR count). The molecular formula is C40H53NO8. The van der Waals surface area contributed by atoms with E-state index >= 15 is 0 Å². The molecule has 49 heavy (non-hydrogen) atoms. The molecule has 1 heterocycles. The van der Waals surface area contributed by atoms with E-state index in [4.69, 9.17) is 14.6 Å². The molecule has 0 radical (unpaired) electrons. The third-order valence-electron chi connectivity index (χ3n) is 10.1. The topological polar surface area (TPSA) is 150 Å². The molecule has 266 valence electrons. The fourth-order valence-corrected chi connectivity index (χ4v) is 6.41. The van der Waals surface area contributed by atoms with Crippen LogP contribution in [0.1, 0.15) is 106 Å². The highest BCUT2D eigenvalue weighted by molar-refractivity contribution is 5.78. The Labute approximate surface area is 290 Å². The Kier molecular flexibility index (Phi) is 13.0. The second-order valence-corrected chi connectivity index (χ2v) is 14.1. The Morgan fingerprint density at radius 3 is 2.41 bits per heavy atom. The van der Waals surface area contributed by atoms with Crippen LogP contribution in [0.2, 0.25) is 0 Å². The predicted octanol–water partition coefficient (Wildman–Crippen LogP) is 5.64. The van der Waals surface area contributed by atoms with Gasteiger partial charge in [0.25, 0.3) is 0 Å². The Hall–Kier alpha value is -3.18. The van der Waals surface area contributed by atoms with E-state index in [1.54, 1.807) is 0 Å². The number of pyridine rings is 1. The van der Waals surface area contributed by atoms with Gasteiger partial charge in [-0.05, 0) is 92.2 Å². The standard InChI is InChI=1S/C40H53NO8/c1-26(8-4-3-5-9-30(43)14-17-35(44)38(46)39(47)36(45)24-42)28-13-12-27(2)29(22-28)25-48-40(19-20-40)34-23-41-21-18-32(34)33-10-6-7-11-37(33)49-31-15-16-31/h6-7,10-13,18,21-23,26,31,35-36,38-39,42,44-47H,3-5,8-9,14-17,19-20,24-25H2,1-2H3/t26?,35-,36+,38+,39+/m0/s1. The lowest BCUT2D eigenvalue weighted by molar-refractivity contribution is -0.125. The number of ether oxygens (including phenoxy) is 2. The number of unbranched alkanes of at least 4 members (excludes halogenated alkanes) is 2. The second kappa shape index (κ2) is 17.2. The van der Waals surface area contributed by atoms with Crippen LogP contribution in [0.5, 0.6) is 5.75 Å². The van der Waals surface area contributed by atoms with Crippen LogP contribution in [0.3, 0.4) is 0 Å². The monoisotopic (exact) mass is 675 g/mol. The molecule has 9 nitrogen and oxygen atoms in total. The molecule has 2 aromatic carbocycles. The molecule has 2 fully saturated rings. The van der Waals surface area contributed by atoms with Crippen molar-refractivity contribution in [3.63, 3.8) is 0 Å². The van der Waals surface area contributed by atoms with Gasteiger partial charge in [-0.25, -0.2) is 0 Å². The van der Waals surface area contributed by atoms with Crippen LogP contribution in [-0.2, 0) is 21.7 Å². The third kappa shape index (κ3) is 9.96. The van der Waals surface area contributed by atoms with Crippen LogP contribution in [-0.4, -0.2) is 73.4 Å². The summed E-state index contributed by atoms with van der Waals surface area (Å²) in [5.74, 6) is 1.26. The van der Waals surface area contributed by atoms with Gasteiger partial charge in [0.15, 0.2) is 0 Å². The molecule has 5 atom stereocenters. The first-order valence-electron chi connectivity index (χ1n) is 17.9. The minimum absolute atomic E-state index is 0.0117. The number of aryl methyl sites for hydroxylation is 1. The lowest BCUT2D eigenvalue weighted by Crippen LogP contribution is -2.45. The van der Waals surface area contributed by atoms with Crippen molar-refractivity contribution in [2.24, 2.45) is 0 Å². The van der Waals surface area contributed by atoms with E-state index in [9.17, 15) is 25.2 Å². The highest BCUT2D eigenvalue weighted by atomic mass is 16.5. The van der Waals surface area contributed by atoms with E-state index in [0.29, 0.717) is 25.0 Å². The molecule has 2 aliphatic carbocycles. The molecule has 0 amide bonds. The van der Waals surface area contributed by atoms with Gasteiger partial charge in [0.1, 0.15) is 29.8 Å². The number of nitrogens with zero attached hydrogens (tertiary/aromatic N) is 1. The van der Waals surface area contributed by atoms with E-state index in [-0.39, 0.29) is 24.2 Å². The zero-order valence-corrected chi connectivity index (χ0v) is 28.8. The van der Waals surface area contributed by atoms with E-state index in [0.717, 1.165) is 73.8 Å². The largest absolute Gasteiger partial charge is 0.490 e. The van der Waals surface area contributed by atoms with Crippen LogP contribution in [0.25, 0.3) is 11.1 Å². The van der Waals surface area contributed by atoms with E-state index in [1.807, 2.05) is 18.5 Å². The fourth-order valence-electron chi connectivity index (χ4n) is 6.41. The molecule has 0 aliphatic heterocycles. The summed E-state index contributed by atoms with van der Waals surface area (Å²) in [5.41, 5.74) is 6.64. The first kappa shape index (κ1) is 37.1. The van der Waals surface area contributed by atoms with Crippen LogP contribution < -0.4 is 4.74 Å². The van der Waals surface area contributed by atoms with Gasteiger partial charge in [0.2, 0.25) is 0 Å². The zero-order valence-electron chi connectivity index (χ0n) is 28.8. The van der Waals surface area contributed by atoms with Gasteiger partial charge in [-0.15, -0.1) is 0 Å². The van der Waals surface area contributed by atoms with Crippen molar-refractivity contribution in [1.29, 1.82) is 0 Å². The molecule has 5 N–H and O–H groups in total. The van der Waals surface area contributed by atoms with E-state index < -0.39 is 31.0 Å². The van der Waals surface area contributed by atoms with E-state index in [2.05, 4.69) is 61.3 Å². The Morgan fingerprint density at radius 1 is 0.918 bits per heavy atom. The maximum absolute atomic E-state index is 12.3. The van der Waals surface area contributed by atoms with Crippen LogP contribution >= 0.6 is 0 Å². The van der Waals surface area contributed by atoms with Crippen LogP contribution in [0.4, 0.5) is 0 Å². The molecule has 9 heteroatoms. The number of aliphatic hydroxyl groups excluding tert-OH is 5. The Bertz CT molecular complexity index is 1520. The Balaban J connectivity index is 1.09.